The molecule has 1 aliphatic rings. The third kappa shape index (κ3) is 2.57. The predicted octanol–water partition coefficient (Wildman–Crippen LogP) is 3.08. The van der Waals surface area contributed by atoms with Gasteiger partial charge in [-0.05, 0) is 48.7 Å². The number of ether oxygens (including phenoxy) is 1. The van der Waals surface area contributed by atoms with Crippen molar-refractivity contribution >= 4 is 0 Å². The Morgan fingerprint density at radius 2 is 2.06 bits per heavy atom. The van der Waals surface area contributed by atoms with E-state index in [1.807, 2.05) is 34.0 Å². The third-order valence-corrected chi connectivity index (χ3v) is 3.45. The minimum atomic E-state index is -0.00851. The Kier molecular flexibility index (Phi) is 4.03. The number of hydrogen-bond acceptors (Lipinski definition) is 2. The fourth-order valence-corrected chi connectivity index (χ4v) is 2.53. The van der Waals surface area contributed by atoms with Crippen LogP contribution in [0.1, 0.15) is 42.0 Å². The van der Waals surface area contributed by atoms with Crippen LogP contribution in [0.15, 0.2) is 6.07 Å². The molecule has 0 aliphatic carbocycles. The minimum Gasteiger partial charge on any atom is -0.376 e. The number of halogens is 1. The molecule has 0 saturated carbocycles. The van der Waals surface area contributed by atoms with Gasteiger partial charge in [0.15, 0.2) is 0 Å². The van der Waals surface area contributed by atoms with Crippen molar-refractivity contribution in [1.82, 2.24) is 4.90 Å². The maximum Gasteiger partial charge on any atom is 0.130 e. The van der Waals surface area contributed by atoms with Crippen molar-refractivity contribution in [3.63, 3.8) is 0 Å². The molecular formula is C15H22FNO. The zero-order valence-corrected chi connectivity index (χ0v) is 11.7. The summed E-state index contributed by atoms with van der Waals surface area (Å²) in [7, 11) is 4.07. The van der Waals surface area contributed by atoms with Gasteiger partial charge in [-0.2, -0.15) is 0 Å². The molecule has 0 radical (unpaired) electrons. The topological polar surface area (TPSA) is 12.5 Å². The molecule has 0 spiro atoms. The number of rotatable bonds is 3. The van der Waals surface area contributed by atoms with Crippen LogP contribution in [-0.4, -0.2) is 25.6 Å². The van der Waals surface area contributed by atoms with E-state index in [1.165, 1.54) is 5.56 Å². The quantitative estimate of drug-likeness (QED) is 0.818. The standard InChI is InChI=1S/C15H22FNO/c1-10(2)13-7-11(8-17(3)4)14-9-18-6-5-12(14)15(13)16/h7,10H,5-6,8-9H2,1-4H3. The predicted molar refractivity (Wildman–Crippen MR) is 71.2 cm³/mol. The molecule has 0 atom stereocenters. The molecule has 18 heavy (non-hydrogen) atoms. The molecular weight excluding hydrogens is 229 g/mol. The highest BCUT2D eigenvalue weighted by Crippen LogP contribution is 2.30. The average molecular weight is 251 g/mol. The van der Waals surface area contributed by atoms with Gasteiger partial charge in [-0.3, -0.25) is 0 Å². The Balaban J connectivity index is 2.54. The zero-order chi connectivity index (χ0) is 13.3. The summed E-state index contributed by atoms with van der Waals surface area (Å²) in [4.78, 5) is 2.12. The third-order valence-electron chi connectivity index (χ3n) is 3.45. The molecule has 0 amide bonds. The first-order chi connectivity index (χ1) is 8.50. The van der Waals surface area contributed by atoms with Crippen LogP contribution in [-0.2, 0) is 24.3 Å². The number of benzene rings is 1. The minimum absolute atomic E-state index is 0.00851. The molecule has 0 fully saturated rings. The highest BCUT2D eigenvalue weighted by atomic mass is 19.1. The Morgan fingerprint density at radius 3 is 2.67 bits per heavy atom. The van der Waals surface area contributed by atoms with E-state index in [9.17, 15) is 4.39 Å². The van der Waals surface area contributed by atoms with Crippen molar-refractivity contribution in [2.24, 2.45) is 0 Å². The van der Waals surface area contributed by atoms with Gasteiger partial charge < -0.3 is 9.64 Å². The molecule has 1 aromatic rings. The lowest BCUT2D eigenvalue weighted by Crippen LogP contribution is -2.20. The SMILES string of the molecule is CC(C)c1cc(CN(C)C)c2c(c1F)CCOC2. The zero-order valence-electron chi connectivity index (χ0n) is 11.7. The van der Waals surface area contributed by atoms with Crippen molar-refractivity contribution in [2.45, 2.75) is 39.3 Å². The second-order valence-corrected chi connectivity index (χ2v) is 5.59. The molecule has 0 aromatic heterocycles. The molecule has 3 heteroatoms. The molecule has 1 aromatic carbocycles. The van der Waals surface area contributed by atoms with Crippen LogP contribution in [0.25, 0.3) is 0 Å². The molecule has 0 N–H and O–H groups in total. The van der Waals surface area contributed by atoms with Gasteiger partial charge >= 0.3 is 0 Å². The second kappa shape index (κ2) is 5.37. The van der Waals surface area contributed by atoms with Crippen molar-refractivity contribution in [3.05, 3.63) is 34.1 Å². The van der Waals surface area contributed by atoms with Gasteiger partial charge in [0, 0.05) is 6.54 Å². The van der Waals surface area contributed by atoms with E-state index < -0.39 is 0 Å². The van der Waals surface area contributed by atoms with Gasteiger partial charge in [0.25, 0.3) is 0 Å². The first kappa shape index (κ1) is 13.5. The summed E-state index contributed by atoms with van der Waals surface area (Å²) in [5, 5.41) is 0. The first-order valence-corrected chi connectivity index (χ1v) is 6.56. The fourth-order valence-electron chi connectivity index (χ4n) is 2.53. The van der Waals surface area contributed by atoms with Gasteiger partial charge in [-0.25, -0.2) is 4.39 Å². The van der Waals surface area contributed by atoms with Gasteiger partial charge in [0.2, 0.25) is 0 Å². The van der Waals surface area contributed by atoms with Crippen molar-refractivity contribution in [2.75, 3.05) is 20.7 Å². The number of nitrogens with zero attached hydrogens (tertiary/aromatic N) is 1. The van der Waals surface area contributed by atoms with E-state index in [-0.39, 0.29) is 11.7 Å². The Labute approximate surface area is 109 Å². The first-order valence-electron chi connectivity index (χ1n) is 6.56. The van der Waals surface area contributed by atoms with E-state index in [0.717, 1.165) is 23.2 Å². The van der Waals surface area contributed by atoms with E-state index in [4.69, 9.17) is 4.74 Å². The normalized spacial score (nSPS) is 15.3. The smallest absolute Gasteiger partial charge is 0.130 e. The Morgan fingerprint density at radius 1 is 1.33 bits per heavy atom. The van der Waals surface area contributed by atoms with E-state index in [2.05, 4.69) is 4.90 Å². The van der Waals surface area contributed by atoms with Gasteiger partial charge in [0.1, 0.15) is 5.82 Å². The maximum atomic E-state index is 14.5. The van der Waals surface area contributed by atoms with Gasteiger partial charge in [0.05, 0.1) is 13.2 Å². The summed E-state index contributed by atoms with van der Waals surface area (Å²) in [6.07, 6.45) is 0.697. The molecule has 1 aliphatic heterocycles. The largest absolute Gasteiger partial charge is 0.376 e. The summed E-state index contributed by atoms with van der Waals surface area (Å²) in [5.41, 5.74) is 3.99. The summed E-state index contributed by atoms with van der Waals surface area (Å²) < 4.78 is 19.9. The van der Waals surface area contributed by atoms with E-state index in [0.29, 0.717) is 19.6 Å². The van der Waals surface area contributed by atoms with Crippen molar-refractivity contribution in [3.8, 4) is 0 Å². The average Bonchev–Trinajstić information content (AvgIpc) is 2.32. The Bertz CT molecular complexity index is 441. The second-order valence-electron chi connectivity index (χ2n) is 5.59. The Hall–Kier alpha value is -0.930. The van der Waals surface area contributed by atoms with Crippen LogP contribution in [0.5, 0.6) is 0 Å². The highest BCUT2D eigenvalue weighted by molar-refractivity contribution is 5.42. The monoisotopic (exact) mass is 251 g/mol. The summed E-state index contributed by atoms with van der Waals surface area (Å²) in [5.74, 6) is 0.213. The summed E-state index contributed by atoms with van der Waals surface area (Å²) in [6, 6.07) is 2.02. The lowest BCUT2D eigenvalue weighted by Gasteiger charge is -2.25. The molecule has 2 nitrogen and oxygen atoms in total. The van der Waals surface area contributed by atoms with Crippen LogP contribution < -0.4 is 0 Å². The van der Waals surface area contributed by atoms with E-state index in [1.54, 1.807) is 0 Å². The molecule has 100 valence electrons. The maximum absolute atomic E-state index is 14.5. The van der Waals surface area contributed by atoms with Gasteiger partial charge in [-0.15, -0.1) is 0 Å². The number of hydrogen-bond donors (Lipinski definition) is 0. The summed E-state index contributed by atoms with van der Waals surface area (Å²) in [6.45, 7) is 6.11. The lowest BCUT2D eigenvalue weighted by atomic mass is 9.90. The highest BCUT2D eigenvalue weighted by Gasteiger charge is 2.22. The molecule has 1 heterocycles. The van der Waals surface area contributed by atoms with Gasteiger partial charge in [-0.1, -0.05) is 19.9 Å². The van der Waals surface area contributed by atoms with Crippen LogP contribution in [0, 0.1) is 5.82 Å². The molecule has 2 rings (SSSR count). The number of fused-ring (bicyclic) bond motifs is 1. The van der Waals surface area contributed by atoms with Crippen molar-refractivity contribution < 1.29 is 9.13 Å². The van der Waals surface area contributed by atoms with Crippen LogP contribution in [0.3, 0.4) is 0 Å². The molecule has 0 unspecified atom stereocenters. The fraction of sp³-hybridized carbons (Fsp3) is 0.600. The van der Waals surface area contributed by atoms with Crippen molar-refractivity contribution in [1.29, 1.82) is 0 Å². The molecule has 0 saturated heterocycles. The van der Waals surface area contributed by atoms with Crippen LogP contribution >= 0.6 is 0 Å². The molecule has 0 bridgehead atoms. The van der Waals surface area contributed by atoms with Crippen LogP contribution in [0.2, 0.25) is 0 Å². The van der Waals surface area contributed by atoms with Crippen LogP contribution in [0.4, 0.5) is 4.39 Å². The lowest BCUT2D eigenvalue weighted by molar-refractivity contribution is 0.108. The van der Waals surface area contributed by atoms with E-state index >= 15 is 0 Å². The summed E-state index contributed by atoms with van der Waals surface area (Å²) >= 11 is 0.